The first-order valence-corrected chi connectivity index (χ1v) is 10.2. The molecule has 1 aliphatic heterocycles. The monoisotopic (exact) mass is 377 g/mol. The van der Waals surface area contributed by atoms with Crippen LogP contribution in [-0.4, -0.2) is 61.9 Å². The van der Waals surface area contributed by atoms with Gasteiger partial charge in [0.1, 0.15) is 5.52 Å². The van der Waals surface area contributed by atoms with Crippen LogP contribution in [0.2, 0.25) is 0 Å². The predicted molar refractivity (Wildman–Crippen MR) is 104 cm³/mol. The summed E-state index contributed by atoms with van der Waals surface area (Å²) in [7, 11) is 0. The Morgan fingerprint density at radius 1 is 1.33 bits per heavy atom. The molecule has 27 heavy (non-hydrogen) atoms. The van der Waals surface area contributed by atoms with Crippen LogP contribution in [0.4, 0.5) is 0 Å². The Kier molecular flexibility index (Phi) is 7.23. The number of aromatic amines is 1. The van der Waals surface area contributed by atoms with Crippen LogP contribution in [0.25, 0.3) is 11.2 Å². The number of likely N-dealkylation sites (tertiary alicyclic amines) is 1. The molecule has 0 amide bonds. The number of imidazole rings is 1. The Balaban J connectivity index is 1.64. The molecule has 2 aromatic rings. The molecule has 2 aromatic heterocycles. The number of aliphatic hydroxyl groups is 1. The largest absolute Gasteiger partial charge is 0.463 e. The molecule has 0 aliphatic carbocycles. The van der Waals surface area contributed by atoms with Crippen molar-refractivity contribution in [2.24, 2.45) is 0 Å². The van der Waals surface area contributed by atoms with Gasteiger partial charge in [0.2, 0.25) is 0 Å². The van der Waals surface area contributed by atoms with Crippen LogP contribution in [0.3, 0.4) is 0 Å². The second kappa shape index (κ2) is 9.85. The number of hydrogen-bond donors (Lipinski definition) is 2. The van der Waals surface area contributed by atoms with E-state index in [0.717, 1.165) is 38.8 Å². The van der Waals surface area contributed by atoms with Gasteiger partial charge in [-0.1, -0.05) is 19.8 Å². The highest BCUT2D eigenvalue weighted by Crippen LogP contribution is 2.21. The first kappa shape index (κ1) is 19.8. The number of unbranched alkanes of at least 4 members (excludes halogenated alkanes) is 1. The molecule has 8 heteroatoms. The van der Waals surface area contributed by atoms with Gasteiger partial charge in [0, 0.05) is 19.1 Å². The summed E-state index contributed by atoms with van der Waals surface area (Å²) < 4.78 is 7.26. The summed E-state index contributed by atoms with van der Waals surface area (Å²) in [6.07, 6.45) is 9.14. The number of aromatic nitrogens is 4. The summed E-state index contributed by atoms with van der Waals surface area (Å²) in [5.41, 5.74) is 1.10. The van der Waals surface area contributed by atoms with Crippen LogP contribution in [0.15, 0.2) is 11.0 Å². The number of nitrogens with zero attached hydrogens (tertiary/aromatic N) is 4. The van der Waals surface area contributed by atoms with Crippen molar-refractivity contribution in [3.8, 4) is 6.01 Å². The van der Waals surface area contributed by atoms with Gasteiger partial charge < -0.3 is 14.8 Å². The van der Waals surface area contributed by atoms with Crippen LogP contribution in [-0.2, 0) is 6.54 Å². The molecular weight excluding hydrogens is 346 g/mol. The molecule has 3 rings (SSSR count). The van der Waals surface area contributed by atoms with Crippen LogP contribution in [0.1, 0.15) is 51.9 Å². The highest BCUT2D eigenvalue weighted by atomic mass is 16.5. The average Bonchev–Trinajstić information content (AvgIpc) is 2.98. The summed E-state index contributed by atoms with van der Waals surface area (Å²) in [4.78, 5) is 26.1. The van der Waals surface area contributed by atoms with Crippen molar-refractivity contribution in [2.75, 3.05) is 26.3 Å². The smallest absolute Gasteiger partial charge is 0.327 e. The maximum atomic E-state index is 12.3. The number of piperidine rings is 1. The highest BCUT2D eigenvalue weighted by Gasteiger charge is 2.21. The molecule has 1 saturated heterocycles. The number of fused-ring (bicyclic) bond motifs is 1. The number of H-pyrrole nitrogens is 1. The summed E-state index contributed by atoms with van der Waals surface area (Å²) in [5, 5.41) is 9.25. The summed E-state index contributed by atoms with van der Waals surface area (Å²) in [6.45, 7) is 5.31. The maximum absolute atomic E-state index is 12.3. The van der Waals surface area contributed by atoms with Gasteiger partial charge >= 0.3 is 11.7 Å². The van der Waals surface area contributed by atoms with Gasteiger partial charge in [-0.3, -0.25) is 9.47 Å². The van der Waals surface area contributed by atoms with E-state index in [1.807, 2.05) is 0 Å². The van der Waals surface area contributed by atoms with Gasteiger partial charge in [-0.2, -0.15) is 4.98 Å². The zero-order valence-corrected chi connectivity index (χ0v) is 16.2. The second-order valence-corrected chi connectivity index (χ2v) is 7.23. The summed E-state index contributed by atoms with van der Waals surface area (Å²) in [6, 6.07) is 0.819. The average molecular weight is 377 g/mol. The molecule has 1 aliphatic rings. The van der Waals surface area contributed by atoms with Crippen LogP contribution in [0.5, 0.6) is 6.01 Å². The number of ether oxygens (including phenoxy) is 1. The molecule has 0 bridgehead atoms. The standard InChI is InChI=1S/C19H31N5O3/c1-2-3-13-27-18-20-14-16-17(22-18)24(19(26)21-16)10-6-8-15-7-4-5-9-23(15)11-12-25/h14-15,25H,2-13H2,1H3,(H,21,26). The van der Waals surface area contributed by atoms with Gasteiger partial charge in [0.25, 0.3) is 0 Å². The molecule has 150 valence electrons. The van der Waals surface area contributed by atoms with Crippen molar-refractivity contribution in [2.45, 2.75) is 64.5 Å². The third-order valence-electron chi connectivity index (χ3n) is 5.27. The molecule has 0 spiro atoms. The molecule has 0 radical (unpaired) electrons. The lowest BCUT2D eigenvalue weighted by molar-refractivity contribution is 0.109. The molecular formula is C19H31N5O3. The SMILES string of the molecule is CCCCOc1ncc2[nH]c(=O)n(CCCC3CCCCN3CCO)c2n1. The Bertz CT molecular complexity index is 770. The zero-order chi connectivity index (χ0) is 19.1. The fourth-order valence-corrected chi connectivity index (χ4v) is 3.81. The third-order valence-corrected chi connectivity index (χ3v) is 5.27. The number of aliphatic hydroxyl groups excluding tert-OH is 1. The Morgan fingerprint density at radius 2 is 2.22 bits per heavy atom. The summed E-state index contributed by atoms with van der Waals surface area (Å²) >= 11 is 0. The van der Waals surface area contributed by atoms with Crippen LogP contribution >= 0.6 is 0 Å². The van der Waals surface area contributed by atoms with Gasteiger partial charge in [-0.05, 0) is 38.6 Å². The minimum Gasteiger partial charge on any atom is -0.463 e. The summed E-state index contributed by atoms with van der Waals surface area (Å²) in [5.74, 6) is 0. The molecule has 8 nitrogen and oxygen atoms in total. The van der Waals surface area contributed by atoms with E-state index in [0.29, 0.717) is 36.4 Å². The molecule has 0 saturated carbocycles. The quantitative estimate of drug-likeness (QED) is 0.614. The van der Waals surface area contributed by atoms with Crippen LogP contribution in [0, 0.1) is 0 Å². The van der Waals surface area contributed by atoms with E-state index in [2.05, 4.69) is 26.8 Å². The van der Waals surface area contributed by atoms with Gasteiger partial charge in [-0.15, -0.1) is 0 Å². The Morgan fingerprint density at radius 3 is 3.04 bits per heavy atom. The minimum absolute atomic E-state index is 0.152. The van der Waals surface area contributed by atoms with Gasteiger partial charge in [0.05, 0.1) is 19.4 Å². The maximum Gasteiger partial charge on any atom is 0.327 e. The molecule has 3 heterocycles. The fourth-order valence-electron chi connectivity index (χ4n) is 3.81. The zero-order valence-electron chi connectivity index (χ0n) is 16.2. The lowest BCUT2D eigenvalue weighted by atomic mass is 9.98. The van der Waals surface area contributed by atoms with Crippen molar-refractivity contribution in [1.29, 1.82) is 0 Å². The number of hydrogen-bond acceptors (Lipinski definition) is 6. The first-order valence-electron chi connectivity index (χ1n) is 10.2. The lowest BCUT2D eigenvalue weighted by Crippen LogP contribution is -2.41. The third kappa shape index (κ3) is 5.07. The van der Waals surface area contributed by atoms with E-state index in [4.69, 9.17) is 4.74 Å². The van der Waals surface area contributed by atoms with Crippen molar-refractivity contribution in [3.05, 3.63) is 16.7 Å². The predicted octanol–water partition coefficient (Wildman–Crippen LogP) is 1.93. The van der Waals surface area contributed by atoms with Crippen molar-refractivity contribution < 1.29 is 9.84 Å². The minimum atomic E-state index is -0.152. The molecule has 0 aromatic carbocycles. The highest BCUT2D eigenvalue weighted by molar-refractivity contribution is 5.69. The van der Waals surface area contributed by atoms with E-state index in [-0.39, 0.29) is 12.3 Å². The topological polar surface area (TPSA) is 96.3 Å². The number of rotatable bonds is 10. The van der Waals surface area contributed by atoms with E-state index in [9.17, 15) is 9.90 Å². The van der Waals surface area contributed by atoms with E-state index >= 15 is 0 Å². The molecule has 1 atom stereocenters. The Hall–Kier alpha value is -1.93. The number of nitrogens with one attached hydrogen (secondary N) is 1. The van der Waals surface area contributed by atoms with Crippen molar-refractivity contribution >= 4 is 11.2 Å². The van der Waals surface area contributed by atoms with Crippen LogP contribution < -0.4 is 10.4 Å². The molecule has 1 unspecified atom stereocenters. The lowest BCUT2D eigenvalue weighted by Gasteiger charge is -2.35. The normalized spacial score (nSPS) is 18.2. The number of aryl methyl sites for hydroxylation is 1. The Labute approximate surface area is 159 Å². The second-order valence-electron chi connectivity index (χ2n) is 7.23. The van der Waals surface area contributed by atoms with Crippen molar-refractivity contribution in [3.63, 3.8) is 0 Å². The van der Waals surface area contributed by atoms with Crippen molar-refractivity contribution in [1.82, 2.24) is 24.4 Å². The van der Waals surface area contributed by atoms with Gasteiger partial charge in [0.15, 0.2) is 5.65 Å². The van der Waals surface area contributed by atoms with E-state index < -0.39 is 0 Å². The van der Waals surface area contributed by atoms with E-state index in [1.165, 1.54) is 19.3 Å². The molecule has 1 fully saturated rings. The molecule has 2 N–H and O–H groups in total. The first-order chi connectivity index (χ1) is 13.2. The van der Waals surface area contributed by atoms with Gasteiger partial charge in [-0.25, -0.2) is 9.78 Å². The number of β-amino-alcohol motifs (C(OH)–C–C–N with tert-alkyl or cyclic N) is 1. The fraction of sp³-hybridized carbons (Fsp3) is 0.737. The van der Waals surface area contributed by atoms with E-state index in [1.54, 1.807) is 10.8 Å².